The Kier molecular flexibility index (Phi) is 5.61. The number of benzene rings is 2. The molecule has 4 nitrogen and oxygen atoms in total. The topological polar surface area (TPSA) is 51.2 Å². The maximum atomic E-state index is 12.2. The number of amides is 1. The van der Waals surface area contributed by atoms with Crippen molar-refractivity contribution in [3.8, 4) is 17.0 Å². The average Bonchev–Trinajstić information content (AvgIpc) is 3.07. The van der Waals surface area contributed by atoms with Gasteiger partial charge in [0.25, 0.3) is 5.91 Å². The van der Waals surface area contributed by atoms with Crippen LogP contribution >= 0.6 is 11.3 Å². The highest BCUT2D eigenvalue weighted by Crippen LogP contribution is 2.27. The van der Waals surface area contributed by atoms with Crippen molar-refractivity contribution < 1.29 is 9.53 Å². The molecule has 1 amide bonds. The third-order valence-corrected chi connectivity index (χ3v) is 5.43. The number of carbonyl (C=O) groups excluding carboxylic acids is 1. The predicted octanol–water partition coefficient (Wildman–Crippen LogP) is 5.37. The molecule has 0 saturated heterocycles. The van der Waals surface area contributed by atoms with E-state index in [2.05, 4.69) is 48.4 Å². The van der Waals surface area contributed by atoms with Crippen molar-refractivity contribution in [1.82, 2.24) is 4.98 Å². The Morgan fingerprint density at radius 1 is 1.04 bits per heavy atom. The minimum atomic E-state index is -0.213. The Morgan fingerprint density at radius 3 is 2.56 bits per heavy atom. The van der Waals surface area contributed by atoms with Crippen LogP contribution < -0.4 is 10.1 Å². The van der Waals surface area contributed by atoms with Gasteiger partial charge < -0.3 is 4.74 Å². The molecule has 1 heterocycles. The lowest BCUT2D eigenvalue weighted by atomic mass is 10.1. The molecule has 1 N–H and O–H groups in total. The van der Waals surface area contributed by atoms with Crippen molar-refractivity contribution in [2.45, 2.75) is 34.6 Å². The fourth-order valence-corrected chi connectivity index (χ4v) is 3.55. The summed E-state index contributed by atoms with van der Waals surface area (Å²) in [5.41, 5.74) is 7.72. The molecule has 0 atom stereocenters. The number of carbonyl (C=O) groups is 1. The van der Waals surface area contributed by atoms with Crippen molar-refractivity contribution in [1.29, 1.82) is 0 Å². The average molecular weight is 381 g/mol. The van der Waals surface area contributed by atoms with E-state index in [1.165, 1.54) is 22.5 Å². The molecule has 3 aromatic rings. The molecule has 0 radical (unpaired) electrons. The Hall–Kier alpha value is -2.66. The number of thiazole rings is 1. The minimum absolute atomic E-state index is 0.0394. The molecule has 5 heteroatoms. The molecule has 0 spiro atoms. The van der Waals surface area contributed by atoms with Gasteiger partial charge in [-0.15, -0.1) is 11.3 Å². The monoisotopic (exact) mass is 380 g/mol. The second-order valence-corrected chi connectivity index (χ2v) is 7.74. The summed E-state index contributed by atoms with van der Waals surface area (Å²) in [5, 5.41) is 5.35. The van der Waals surface area contributed by atoms with Crippen molar-refractivity contribution in [2.24, 2.45) is 0 Å². The van der Waals surface area contributed by atoms with Crippen LogP contribution in [0.3, 0.4) is 0 Å². The Morgan fingerprint density at radius 2 is 1.81 bits per heavy atom. The minimum Gasteiger partial charge on any atom is -0.483 e. The third-order valence-electron chi connectivity index (χ3n) is 4.68. The van der Waals surface area contributed by atoms with Crippen LogP contribution in [-0.4, -0.2) is 17.5 Å². The molecule has 0 bridgehead atoms. The van der Waals surface area contributed by atoms with Crippen LogP contribution in [0.2, 0.25) is 0 Å². The molecule has 0 saturated carbocycles. The van der Waals surface area contributed by atoms with Crippen molar-refractivity contribution >= 4 is 22.4 Å². The van der Waals surface area contributed by atoms with Gasteiger partial charge in [0, 0.05) is 10.9 Å². The second-order valence-electron chi connectivity index (χ2n) is 6.88. The number of anilines is 1. The lowest BCUT2D eigenvalue weighted by molar-refractivity contribution is -0.118. The summed E-state index contributed by atoms with van der Waals surface area (Å²) in [5.74, 6) is 0.534. The zero-order chi connectivity index (χ0) is 19.6. The van der Waals surface area contributed by atoms with Gasteiger partial charge in [-0.2, -0.15) is 0 Å². The van der Waals surface area contributed by atoms with E-state index in [9.17, 15) is 4.79 Å². The van der Waals surface area contributed by atoms with Crippen LogP contribution in [0.4, 0.5) is 5.13 Å². The number of ether oxygens (including phenoxy) is 1. The molecule has 2 aromatic carbocycles. The molecule has 1 aromatic heterocycles. The number of nitrogens with one attached hydrogen (secondary N) is 1. The highest BCUT2D eigenvalue weighted by atomic mass is 32.1. The first-order valence-electron chi connectivity index (χ1n) is 8.87. The standard InChI is InChI=1S/C22H24N2O2S/c1-13-8-16(4)17(5)20(9-13)26-11-21(25)24-22-23-19(12-27-22)18-7-6-14(2)15(3)10-18/h6-10,12H,11H2,1-5H3,(H,23,24,25). The Balaban J connectivity index is 1.64. The maximum absolute atomic E-state index is 12.2. The molecular formula is C22H24N2O2S. The van der Waals surface area contributed by atoms with Gasteiger partial charge in [0.1, 0.15) is 5.75 Å². The largest absolute Gasteiger partial charge is 0.483 e. The first-order chi connectivity index (χ1) is 12.8. The molecule has 140 valence electrons. The highest BCUT2D eigenvalue weighted by Gasteiger charge is 2.11. The molecular weight excluding hydrogens is 356 g/mol. The van der Waals surface area contributed by atoms with Crippen molar-refractivity contribution in [3.05, 3.63) is 63.5 Å². The SMILES string of the molecule is Cc1cc(C)c(C)c(OCC(=O)Nc2nc(-c3ccc(C)c(C)c3)cs2)c1. The summed E-state index contributed by atoms with van der Waals surface area (Å²) < 4.78 is 5.72. The molecule has 3 rings (SSSR count). The number of nitrogens with zero attached hydrogens (tertiary/aromatic N) is 1. The van der Waals surface area contributed by atoms with Gasteiger partial charge in [-0.3, -0.25) is 10.1 Å². The van der Waals surface area contributed by atoms with Crippen LogP contribution in [0, 0.1) is 34.6 Å². The Bertz CT molecular complexity index is 992. The number of hydrogen-bond donors (Lipinski definition) is 1. The van der Waals surface area contributed by atoms with E-state index in [1.54, 1.807) is 0 Å². The maximum Gasteiger partial charge on any atom is 0.264 e. The van der Waals surface area contributed by atoms with Gasteiger partial charge in [-0.25, -0.2) is 4.98 Å². The molecule has 0 unspecified atom stereocenters. The smallest absolute Gasteiger partial charge is 0.264 e. The Labute approximate surface area is 164 Å². The zero-order valence-electron chi connectivity index (χ0n) is 16.3. The van der Waals surface area contributed by atoms with Crippen molar-refractivity contribution in [3.63, 3.8) is 0 Å². The number of hydrogen-bond acceptors (Lipinski definition) is 4. The molecule has 0 fully saturated rings. The van der Waals surface area contributed by atoms with E-state index >= 15 is 0 Å². The van der Waals surface area contributed by atoms with Gasteiger partial charge in [0.15, 0.2) is 11.7 Å². The summed E-state index contributed by atoms with van der Waals surface area (Å²) in [6.07, 6.45) is 0. The first-order valence-corrected chi connectivity index (χ1v) is 9.75. The molecule has 0 aliphatic rings. The summed E-state index contributed by atoms with van der Waals surface area (Å²) in [7, 11) is 0. The van der Waals surface area contributed by atoms with E-state index in [0.29, 0.717) is 5.13 Å². The fourth-order valence-electron chi connectivity index (χ4n) is 2.81. The summed E-state index contributed by atoms with van der Waals surface area (Å²) in [6, 6.07) is 10.3. The van der Waals surface area contributed by atoms with Crippen LogP contribution in [-0.2, 0) is 4.79 Å². The van der Waals surface area contributed by atoms with E-state index in [0.717, 1.165) is 33.7 Å². The summed E-state index contributed by atoms with van der Waals surface area (Å²) >= 11 is 1.41. The van der Waals surface area contributed by atoms with Crippen LogP contribution in [0.15, 0.2) is 35.7 Å². The second kappa shape index (κ2) is 7.92. The van der Waals surface area contributed by atoms with Crippen LogP contribution in [0.1, 0.15) is 27.8 Å². The quantitative estimate of drug-likeness (QED) is 0.647. The first kappa shape index (κ1) is 19.1. The molecule has 27 heavy (non-hydrogen) atoms. The van der Waals surface area contributed by atoms with Gasteiger partial charge >= 0.3 is 0 Å². The van der Waals surface area contributed by atoms with Gasteiger partial charge in [-0.05, 0) is 74.6 Å². The zero-order valence-corrected chi connectivity index (χ0v) is 17.2. The predicted molar refractivity (Wildman–Crippen MR) is 112 cm³/mol. The van der Waals surface area contributed by atoms with Crippen LogP contribution in [0.5, 0.6) is 5.75 Å². The fraction of sp³-hybridized carbons (Fsp3) is 0.273. The third kappa shape index (κ3) is 4.55. The normalized spacial score (nSPS) is 10.7. The lowest BCUT2D eigenvalue weighted by Crippen LogP contribution is -2.20. The highest BCUT2D eigenvalue weighted by molar-refractivity contribution is 7.14. The van der Waals surface area contributed by atoms with Crippen LogP contribution in [0.25, 0.3) is 11.3 Å². The van der Waals surface area contributed by atoms with Gasteiger partial charge in [-0.1, -0.05) is 18.2 Å². The van der Waals surface area contributed by atoms with Gasteiger partial charge in [0.2, 0.25) is 0 Å². The van der Waals surface area contributed by atoms with E-state index < -0.39 is 0 Å². The summed E-state index contributed by atoms with van der Waals surface area (Å²) in [4.78, 5) is 16.8. The molecule has 0 aliphatic heterocycles. The number of aryl methyl sites for hydroxylation is 4. The summed E-state index contributed by atoms with van der Waals surface area (Å²) in [6.45, 7) is 10.2. The van der Waals surface area contributed by atoms with Gasteiger partial charge in [0.05, 0.1) is 5.69 Å². The molecule has 0 aliphatic carbocycles. The lowest BCUT2D eigenvalue weighted by Gasteiger charge is -2.11. The van der Waals surface area contributed by atoms with Crippen molar-refractivity contribution in [2.75, 3.05) is 11.9 Å². The number of rotatable bonds is 5. The van der Waals surface area contributed by atoms with E-state index in [1.807, 2.05) is 32.2 Å². The number of aromatic nitrogens is 1. The van der Waals surface area contributed by atoms with E-state index in [-0.39, 0.29) is 12.5 Å². The van der Waals surface area contributed by atoms with E-state index in [4.69, 9.17) is 4.74 Å².